The van der Waals surface area contributed by atoms with Crippen molar-refractivity contribution in [1.29, 1.82) is 0 Å². The Balaban J connectivity index is 1.71. The molecule has 1 heterocycles. The maximum absolute atomic E-state index is 3.80. The highest BCUT2D eigenvalue weighted by atomic mass is 32.2. The van der Waals surface area contributed by atoms with E-state index in [4.69, 9.17) is 0 Å². The molecule has 1 aliphatic rings. The van der Waals surface area contributed by atoms with Crippen molar-refractivity contribution in [3.05, 3.63) is 65.7 Å². The van der Waals surface area contributed by atoms with Gasteiger partial charge in [0.15, 0.2) is 0 Å². The summed E-state index contributed by atoms with van der Waals surface area (Å²) < 4.78 is 0. The summed E-state index contributed by atoms with van der Waals surface area (Å²) in [6, 6.07) is 20.1. The van der Waals surface area contributed by atoms with Crippen LogP contribution in [0.25, 0.3) is 0 Å². The topological polar surface area (TPSA) is 12.0 Å². The third-order valence-electron chi connectivity index (χ3n) is 4.30. The molecule has 0 aliphatic carbocycles. The molecule has 2 aromatic carbocycles. The molecule has 3 rings (SSSR count). The Morgan fingerprint density at radius 3 is 2.57 bits per heavy atom. The van der Waals surface area contributed by atoms with Crippen LogP contribution in [0.15, 0.2) is 59.5 Å². The first kappa shape index (κ1) is 14.7. The van der Waals surface area contributed by atoms with Gasteiger partial charge in [0, 0.05) is 22.9 Å². The largest absolute Gasteiger partial charge is 0.309 e. The maximum atomic E-state index is 3.80. The molecule has 0 bridgehead atoms. The number of fused-ring (bicyclic) bond motifs is 1. The lowest BCUT2D eigenvalue weighted by Gasteiger charge is -2.31. The summed E-state index contributed by atoms with van der Waals surface area (Å²) in [5.74, 6) is 1.21. The Morgan fingerprint density at radius 2 is 1.76 bits per heavy atom. The second-order valence-corrected chi connectivity index (χ2v) is 7.50. The van der Waals surface area contributed by atoms with Gasteiger partial charge in [-0.2, -0.15) is 0 Å². The van der Waals surface area contributed by atoms with Crippen molar-refractivity contribution in [3.63, 3.8) is 0 Å². The van der Waals surface area contributed by atoms with Crippen molar-refractivity contribution < 1.29 is 0 Å². The average molecular weight is 297 g/mol. The summed E-state index contributed by atoms with van der Waals surface area (Å²) in [6.07, 6.45) is 1.21. The SMILES string of the molecule is CC(C)(CNC1CCSc2ccccc21)c1ccccc1. The average Bonchev–Trinajstić information content (AvgIpc) is 2.54. The van der Waals surface area contributed by atoms with Crippen LogP contribution in [-0.2, 0) is 5.41 Å². The molecule has 2 heteroatoms. The molecule has 1 N–H and O–H groups in total. The van der Waals surface area contributed by atoms with E-state index >= 15 is 0 Å². The highest BCUT2D eigenvalue weighted by Gasteiger charge is 2.25. The van der Waals surface area contributed by atoms with E-state index in [1.54, 1.807) is 0 Å². The van der Waals surface area contributed by atoms with Crippen LogP contribution in [0.2, 0.25) is 0 Å². The van der Waals surface area contributed by atoms with Gasteiger partial charge in [-0.05, 0) is 29.4 Å². The summed E-state index contributed by atoms with van der Waals surface area (Å²) in [7, 11) is 0. The fourth-order valence-electron chi connectivity index (χ4n) is 2.92. The van der Waals surface area contributed by atoms with E-state index in [2.05, 4.69) is 73.8 Å². The predicted molar refractivity (Wildman–Crippen MR) is 92.0 cm³/mol. The minimum absolute atomic E-state index is 0.154. The van der Waals surface area contributed by atoms with Crippen LogP contribution in [0.3, 0.4) is 0 Å². The lowest BCUT2D eigenvalue weighted by molar-refractivity contribution is 0.413. The van der Waals surface area contributed by atoms with E-state index in [0.717, 1.165) is 6.54 Å². The Kier molecular flexibility index (Phi) is 4.37. The first-order valence-corrected chi connectivity index (χ1v) is 8.66. The van der Waals surface area contributed by atoms with Crippen LogP contribution in [-0.4, -0.2) is 12.3 Å². The van der Waals surface area contributed by atoms with Crippen molar-refractivity contribution in [2.75, 3.05) is 12.3 Å². The van der Waals surface area contributed by atoms with Gasteiger partial charge in [-0.3, -0.25) is 0 Å². The van der Waals surface area contributed by atoms with Crippen molar-refractivity contribution in [3.8, 4) is 0 Å². The summed E-state index contributed by atoms with van der Waals surface area (Å²) in [5, 5.41) is 3.80. The molecule has 1 atom stereocenters. The van der Waals surface area contributed by atoms with E-state index in [0.29, 0.717) is 6.04 Å². The zero-order valence-corrected chi connectivity index (χ0v) is 13.6. The molecule has 0 amide bonds. The molecule has 1 nitrogen and oxygen atoms in total. The monoisotopic (exact) mass is 297 g/mol. The molecule has 110 valence electrons. The zero-order chi connectivity index (χ0) is 14.7. The number of nitrogens with one attached hydrogen (secondary N) is 1. The first-order chi connectivity index (χ1) is 10.2. The van der Waals surface area contributed by atoms with Crippen LogP contribution >= 0.6 is 11.8 Å². The van der Waals surface area contributed by atoms with Gasteiger partial charge >= 0.3 is 0 Å². The lowest BCUT2D eigenvalue weighted by atomic mass is 9.84. The van der Waals surface area contributed by atoms with Gasteiger partial charge in [-0.1, -0.05) is 62.4 Å². The second kappa shape index (κ2) is 6.25. The molecule has 0 spiro atoms. The van der Waals surface area contributed by atoms with Crippen LogP contribution in [0.5, 0.6) is 0 Å². The van der Waals surface area contributed by atoms with Gasteiger partial charge < -0.3 is 5.32 Å². The second-order valence-electron chi connectivity index (χ2n) is 6.36. The fourth-order valence-corrected chi connectivity index (χ4v) is 4.05. The van der Waals surface area contributed by atoms with Crippen molar-refractivity contribution in [1.82, 2.24) is 5.32 Å². The molecule has 0 aromatic heterocycles. The van der Waals surface area contributed by atoms with Gasteiger partial charge in [0.25, 0.3) is 0 Å². The standard InChI is InChI=1S/C19H23NS/c1-19(2,15-8-4-3-5-9-15)14-20-17-12-13-21-18-11-7-6-10-16(17)18/h3-11,17,20H,12-14H2,1-2H3. The molecule has 0 fully saturated rings. The zero-order valence-electron chi connectivity index (χ0n) is 12.8. The number of hydrogen-bond donors (Lipinski definition) is 1. The molecule has 21 heavy (non-hydrogen) atoms. The van der Waals surface area contributed by atoms with Crippen LogP contribution in [0, 0.1) is 0 Å². The Hall–Kier alpha value is -1.25. The van der Waals surface area contributed by atoms with E-state index in [-0.39, 0.29) is 5.41 Å². The minimum Gasteiger partial charge on any atom is -0.309 e. The quantitative estimate of drug-likeness (QED) is 0.870. The van der Waals surface area contributed by atoms with E-state index in [1.807, 2.05) is 11.8 Å². The number of rotatable bonds is 4. The Labute approximate surface area is 132 Å². The number of benzene rings is 2. The Bertz CT molecular complexity index is 592. The molecule has 1 aliphatic heterocycles. The third kappa shape index (κ3) is 3.33. The van der Waals surface area contributed by atoms with Crippen molar-refractivity contribution >= 4 is 11.8 Å². The van der Waals surface area contributed by atoms with Gasteiger partial charge in [0.1, 0.15) is 0 Å². The third-order valence-corrected chi connectivity index (χ3v) is 5.43. The van der Waals surface area contributed by atoms with Gasteiger partial charge in [0.05, 0.1) is 0 Å². The summed E-state index contributed by atoms with van der Waals surface area (Å²) in [4.78, 5) is 1.44. The molecule has 1 unspecified atom stereocenters. The van der Waals surface area contributed by atoms with Crippen LogP contribution in [0.1, 0.15) is 37.4 Å². The summed E-state index contributed by atoms with van der Waals surface area (Å²) >= 11 is 1.98. The molecule has 0 radical (unpaired) electrons. The fraction of sp³-hybridized carbons (Fsp3) is 0.368. The van der Waals surface area contributed by atoms with E-state index < -0.39 is 0 Å². The molecule has 2 aromatic rings. The molecule has 0 saturated heterocycles. The van der Waals surface area contributed by atoms with Crippen LogP contribution < -0.4 is 5.32 Å². The predicted octanol–water partition coefficient (Wildman–Crippen LogP) is 4.79. The number of thioether (sulfide) groups is 1. The smallest absolute Gasteiger partial charge is 0.0339 e. The highest BCUT2D eigenvalue weighted by Crippen LogP contribution is 2.36. The van der Waals surface area contributed by atoms with Gasteiger partial charge in [0.2, 0.25) is 0 Å². The first-order valence-electron chi connectivity index (χ1n) is 7.67. The number of hydrogen-bond acceptors (Lipinski definition) is 2. The summed E-state index contributed by atoms with van der Waals surface area (Å²) in [6.45, 7) is 5.64. The van der Waals surface area contributed by atoms with E-state index in [1.165, 1.54) is 28.2 Å². The van der Waals surface area contributed by atoms with Crippen LogP contribution in [0.4, 0.5) is 0 Å². The van der Waals surface area contributed by atoms with Gasteiger partial charge in [-0.15, -0.1) is 11.8 Å². The minimum atomic E-state index is 0.154. The molecular weight excluding hydrogens is 274 g/mol. The lowest BCUT2D eigenvalue weighted by Crippen LogP contribution is -2.36. The van der Waals surface area contributed by atoms with Crippen molar-refractivity contribution in [2.45, 2.75) is 36.6 Å². The highest BCUT2D eigenvalue weighted by molar-refractivity contribution is 7.99. The normalized spacial score (nSPS) is 18.3. The summed E-state index contributed by atoms with van der Waals surface area (Å²) in [5.41, 5.74) is 3.02. The maximum Gasteiger partial charge on any atom is 0.0339 e. The molecular formula is C19H23NS. The Morgan fingerprint density at radius 1 is 1.05 bits per heavy atom. The van der Waals surface area contributed by atoms with E-state index in [9.17, 15) is 0 Å². The molecule has 0 saturated carbocycles. The van der Waals surface area contributed by atoms with Gasteiger partial charge in [-0.25, -0.2) is 0 Å². The van der Waals surface area contributed by atoms with Crippen molar-refractivity contribution in [2.24, 2.45) is 0 Å².